The van der Waals surface area contributed by atoms with E-state index in [0.717, 1.165) is 0 Å². The van der Waals surface area contributed by atoms with Crippen LogP contribution in [-0.4, -0.2) is 17.1 Å². The molecule has 0 spiro atoms. The Morgan fingerprint density at radius 1 is 1.20 bits per heavy atom. The third-order valence-electron chi connectivity index (χ3n) is 2.35. The van der Waals surface area contributed by atoms with E-state index in [1.807, 2.05) is 0 Å². The van der Waals surface area contributed by atoms with Gasteiger partial charge in [-0.05, 0) is 24.3 Å². The van der Waals surface area contributed by atoms with Crippen molar-refractivity contribution in [2.75, 3.05) is 0 Å². The van der Waals surface area contributed by atoms with Gasteiger partial charge in [-0.2, -0.15) is 5.10 Å². The van der Waals surface area contributed by atoms with Crippen molar-refractivity contribution in [2.45, 2.75) is 0 Å². The number of carbonyl (C=O) groups is 1. The maximum Gasteiger partial charge on any atom is 0.271 e. The molecule has 102 valence electrons. The van der Waals surface area contributed by atoms with Gasteiger partial charge in [-0.3, -0.25) is 4.79 Å². The Labute approximate surface area is 130 Å². The van der Waals surface area contributed by atoms with Crippen molar-refractivity contribution in [1.29, 1.82) is 0 Å². The number of nitrogens with one attached hydrogen (secondary N) is 1. The first-order valence-electron chi connectivity index (χ1n) is 5.47. The molecule has 0 aliphatic heterocycles. The Kier molecular flexibility index (Phi) is 4.95. The minimum Gasteiger partial charge on any atom is -0.267 e. The third-order valence-corrected chi connectivity index (χ3v) is 3.21. The summed E-state index contributed by atoms with van der Waals surface area (Å²) in [6, 6.07) is 8.05. The van der Waals surface area contributed by atoms with Crippen molar-refractivity contribution in [3.8, 4) is 0 Å². The van der Waals surface area contributed by atoms with Gasteiger partial charge in [0.05, 0.1) is 16.3 Å². The monoisotopic (exact) mass is 327 g/mol. The molecule has 0 aliphatic carbocycles. The number of hydrazone groups is 1. The number of amides is 1. The lowest BCUT2D eigenvalue weighted by Gasteiger charge is -2.02. The van der Waals surface area contributed by atoms with Crippen molar-refractivity contribution in [3.05, 3.63) is 62.9 Å². The summed E-state index contributed by atoms with van der Waals surface area (Å²) >= 11 is 17.6. The number of rotatable bonds is 3. The maximum absolute atomic E-state index is 11.8. The Morgan fingerprint density at radius 3 is 2.55 bits per heavy atom. The highest BCUT2D eigenvalue weighted by molar-refractivity contribution is 6.38. The third kappa shape index (κ3) is 3.70. The van der Waals surface area contributed by atoms with Crippen molar-refractivity contribution in [3.63, 3.8) is 0 Å². The van der Waals surface area contributed by atoms with Crippen LogP contribution in [0.2, 0.25) is 15.2 Å². The highest BCUT2D eigenvalue weighted by Gasteiger charge is 2.06. The molecule has 1 aromatic heterocycles. The zero-order valence-electron chi connectivity index (χ0n) is 9.98. The Hall–Kier alpha value is -1.62. The molecule has 4 nitrogen and oxygen atoms in total. The van der Waals surface area contributed by atoms with Crippen LogP contribution >= 0.6 is 34.8 Å². The normalized spacial score (nSPS) is 10.8. The second-order valence-corrected chi connectivity index (χ2v) is 4.90. The van der Waals surface area contributed by atoms with Gasteiger partial charge in [0, 0.05) is 17.3 Å². The summed E-state index contributed by atoms with van der Waals surface area (Å²) in [7, 11) is 0. The van der Waals surface area contributed by atoms with E-state index < -0.39 is 5.91 Å². The number of nitrogens with zero attached hydrogens (tertiary/aromatic N) is 2. The van der Waals surface area contributed by atoms with Crippen LogP contribution in [0, 0.1) is 0 Å². The molecule has 0 bridgehead atoms. The van der Waals surface area contributed by atoms with Crippen LogP contribution < -0.4 is 5.43 Å². The standard InChI is InChI=1S/C13H8Cl3N3O/c14-10-2-1-3-11(15)9(10)7-18-19-13(20)8-4-5-17-12(16)6-8/h1-7H,(H,19,20)/b18-7+. The number of pyridine rings is 1. The molecule has 1 N–H and O–H groups in total. The average molecular weight is 329 g/mol. The number of carbonyl (C=O) groups excluding carboxylic acids is 1. The fourth-order valence-corrected chi connectivity index (χ4v) is 2.07. The number of hydrogen-bond donors (Lipinski definition) is 1. The van der Waals surface area contributed by atoms with Gasteiger partial charge in [-0.1, -0.05) is 40.9 Å². The summed E-state index contributed by atoms with van der Waals surface area (Å²) in [5.41, 5.74) is 3.24. The van der Waals surface area contributed by atoms with Gasteiger partial charge in [0.1, 0.15) is 5.15 Å². The van der Waals surface area contributed by atoms with Gasteiger partial charge in [0.25, 0.3) is 5.91 Å². The summed E-state index contributed by atoms with van der Waals surface area (Å²) in [6.45, 7) is 0. The fourth-order valence-electron chi connectivity index (χ4n) is 1.40. The van der Waals surface area contributed by atoms with E-state index in [1.165, 1.54) is 24.5 Å². The Balaban J connectivity index is 2.09. The van der Waals surface area contributed by atoms with E-state index in [1.54, 1.807) is 18.2 Å². The maximum atomic E-state index is 11.8. The highest BCUT2D eigenvalue weighted by atomic mass is 35.5. The molecule has 20 heavy (non-hydrogen) atoms. The van der Waals surface area contributed by atoms with E-state index in [2.05, 4.69) is 15.5 Å². The quantitative estimate of drug-likeness (QED) is 0.529. The molecular weight excluding hydrogens is 321 g/mol. The molecule has 7 heteroatoms. The largest absolute Gasteiger partial charge is 0.271 e. The SMILES string of the molecule is O=C(N/N=C/c1c(Cl)cccc1Cl)c1ccnc(Cl)c1. The van der Waals surface area contributed by atoms with Crippen molar-refractivity contribution in [1.82, 2.24) is 10.4 Å². The molecule has 0 saturated heterocycles. The highest BCUT2D eigenvalue weighted by Crippen LogP contribution is 2.22. The van der Waals surface area contributed by atoms with Crippen LogP contribution in [0.1, 0.15) is 15.9 Å². The van der Waals surface area contributed by atoms with Gasteiger partial charge in [0.15, 0.2) is 0 Å². The van der Waals surface area contributed by atoms with Crippen molar-refractivity contribution < 1.29 is 4.79 Å². The molecule has 1 amide bonds. The summed E-state index contributed by atoms with van der Waals surface area (Å²) in [4.78, 5) is 15.6. The molecule has 0 unspecified atom stereocenters. The molecule has 0 saturated carbocycles. The van der Waals surface area contributed by atoms with Gasteiger partial charge in [-0.25, -0.2) is 10.4 Å². The van der Waals surface area contributed by atoms with E-state index in [9.17, 15) is 4.79 Å². The molecule has 1 aromatic carbocycles. The van der Waals surface area contributed by atoms with Gasteiger partial charge in [-0.15, -0.1) is 0 Å². The molecule has 0 fully saturated rings. The first-order chi connectivity index (χ1) is 9.58. The smallest absolute Gasteiger partial charge is 0.267 e. The predicted molar refractivity (Wildman–Crippen MR) is 80.8 cm³/mol. The van der Waals surface area contributed by atoms with Crippen LogP contribution in [0.5, 0.6) is 0 Å². The molecule has 0 atom stereocenters. The number of hydrogen-bond acceptors (Lipinski definition) is 3. The fraction of sp³-hybridized carbons (Fsp3) is 0. The second kappa shape index (κ2) is 6.70. The molecule has 2 rings (SSSR count). The van der Waals surface area contributed by atoms with Crippen LogP contribution in [0.4, 0.5) is 0 Å². The number of benzene rings is 1. The van der Waals surface area contributed by atoms with Crippen LogP contribution in [0.25, 0.3) is 0 Å². The summed E-state index contributed by atoms with van der Waals surface area (Å²) in [5, 5.41) is 4.94. The summed E-state index contributed by atoms with van der Waals surface area (Å²) in [5.74, 6) is -0.409. The Bertz CT molecular complexity index is 653. The van der Waals surface area contributed by atoms with E-state index in [0.29, 0.717) is 21.2 Å². The van der Waals surface area contributed by atoms with E-state index >= 15 is 0 Å². The Morgan fingerprint density at radius 2 is 1.90 bits per heavy atom. The zero-order valence-corrected chi connectivity index (χ0v) is 12.2. The first kappa shape index (κ1) is 14.8. The number of aromatic nitrogens is 1. The molecule has 0 aliphatic rings. The minimum absolute atomic E-state index is 0.232. The van der Waals surface area contributed by atoms with E-state index in [4.69, 9.17) is 34.8 Å². The lowest BCUT2D eigenvalue weighted by atomic mass is 10.2. The van der Waals surface area contributed by atoms with Crippen LogP contribution in [0.15, 0.2) is 41.6 Å². The first-order valence-corrected chi connectivity index (χ1v) is 6.60. The van der Waals surface area contributed by atoms with Crippen molar-refractivity contribution >= 4 is 46.9 Å². The topological polar surface area (TPSA) is 54.4 Å². The minimum atomic E-state index is -0.409. The molecule has 1 heterocycles. The molecular formula is C13H8Cl3N3O. The van der Waals surface area contributed by atoms with Crippen molar-refractivity contribution in [2.24, 2.45) is 5.10 Å². The van der Waals surface area contributed by atoms with Gasteiger partial charge < -0.3 is 0 Å². The lowest BCUT2D eigenvalue weighted by Crippen LogP contribution is -2.17. The van der Waals surface area contributed by atoms with Crippen LogP contribution in [0.3, 0.4) is 0 Å². The van der Waals surface area contributed by atoms with E-state index in [-0.39, 0.29) is 5.15 Å². The zero-order chi connectivity index (χ0) is 14.5. The lowest BCUT2D eigenvalue weighted by molar-refractivity contribution is 0.0955. The summed E-state index contributed by atoms with van der Waals surface area (Å²) < 4.78 is 0. The summed E-state index contributed by atoms with van der Waals surface area (Å²) in [6.07, 6.45) is 2.82. The van der Waals surface area contributed by atoms with Gasteiger partial charge >= 0.3 is 0 Å². The predicted octanol–water partition coefficient (Wildman–Crippen LogP) is 3.81. The second-order valence-electron chi connectivity index (χ2n) is 3.70. The molecule has 0 radical (unpaired) electrons. The molecule has 2 aromatic rings. The number of halogens is 3. The van der Waals surface area contributed by atoms with Gasteiger partial charge in [0.2, 0.25) is 0 Å². The van der Waals surface area contributed by atoms with Crippen LogP contribution in [-0.2, 0) is 0 Å². The average Bonchev–Trinajstić information content (AvgIpc) is 2.42.